The highest BCUT2D eigenvalue weighted by molar-refractivity contribution is 5.81. The van der Waals surface area contributed by atoms with Crippen LogP contribution in [0.5, 0.6) is 0 Å². The number of nitrogens with one attached hydrogen (secondary N) is 1. The topological polar surface area (TPSA) is 84.9 Å². The van der Waals surface area contributed by atoms with Crippen molar-refractivity contribution >= 4 is 12.1 Å². The van der Waals surface area contributed by atoms with Gasteiger partial charge < -0.3 is 19.9 Å². The van der Waals surface area contributed by atoms with Gasteiger partial charge in [-0.05, 0) is 22.3 Å². The average molecular weight is 409 g/mol. The van der Waals surface area contributed by atoms with Crippen LogP contribution in [0.15, 0.2) is 48.5 Å². The smallest absolute Gasteiger partial charge is 0.411 e. The largest absolute Gasteiger partial charge is 0.480 e. The maximum absolute atomic E-state index is 12.1. The first kappa shape index (κ1) is 20.7. The van der Waals surface area contributed by atoms with E-state index in [9.17, 15) is 22.8 Å². The Morgan fingerprint density at radius 1 is 1.03 bits per heavy atom. The fourth-order valence-corrected chi connectivity index (χ4v) is 3.25. The molecule has 0 saturated carbocycles. The monoisotopic (exact) mass is 409 g/mol. The first-order valence-corrected chi connectivity index (χ1v) is 8.75. The number of carboxylic acids is 1. The third kappa shape index (κ3) is 5.05. The summed E-state index contributed by atoms with van der Waals surface area (Å²) in [7, 11) is 0. The predicted octanol–water partition coefficient (Wildman–Crippen LogP) is 3.56. The molecular formula is C20H18F3NO5. The van der Waals surface area contributed by atoms with E-state index in [1.54, 1.807) is 0 Å². The Bertz CT molecular complexity index is 854. The molecular weight excluding hydrogens is 391 g/mol. The van der Waals surface area contributed by atoms with Crippen molar-refractivity contribution < 1.29 is 37.3 Å². The van der Waals surface area contributed by atoms with Crippen LogP contribution in [0.25, 0.3) is 11.1 Å². The van der Waals surface area contributed by atoms with E-state index >= 15 is 0 Å². The van der Waals surface area contributed by atoms with Gasteiger partial charge in [-0.25, -0.2) is 9.59 Å². The number of alkyl halides is 3. The summed E-state index contributed by atoms with van der Waals surface area (Å²) in [6.45, 7) is -2.49. The highest BCUT2D eigenvalue weighted by atomic mass is 19.4. The van der Waals surface area contributed by atoms with E-state index in [0.717, 1.165) is 22.3 Å². The normalized spacial score (nSPS) is 14.0. The summed E-state index contributed by atoms with van der Waals surface area (Å²) in [5.74, 6) is -1.75. The summed E-state index contributed by atoms with van der Waals surface area (Å²) in [6, 6.07) is 13.7. The molecule has 154 valence electrons. The van der Waals surface area contributed by atoms with Crippen LogP contribution in [0.1, 0.15) is 17.0 Å². The molecule has 0 radical (unpaired) electrons. The van der Waals surface area contributed by atoms with Crippen LogP contribution in [0.4, 0.5) is 18.0 Å². The minimum atomic E-state index is -4.59. The number of amides is 1. The molecule has 1 aliphatic rings. The Morgan fingerprint density at radius 3 is 2.10 bits per heavy atom. The van der Waals surface area contributed by atoms with Gasteiger partial charge in [0, 0.05) is 5.92 Å². The van der Waals surface area contributed by atoms with Gasteiger partial charge in [0.25, 0.3) is 0 Å². The van der Waals surface area contributed by atoms with Crippen LogP contribution in [0.3, 0.4) is 0 Å². The second-order valence-electron chi connectivity index (χ2n) is 6.49. The Hall–Kier alpha value is -3.07. The van der Waals surface area contributed by atoms with Crippen LogP contribution in [-0.2, 0) is 14.3 Å². The zero-order valence-electron chi connectivity index (χ0n) is 15.1. The van der Waals surface area contributed by atoms with Crippen molar-refractivity contribution in [2.75, 3.05) is 19.8 Å². The molecule has 0 heterocycles. The number of carbonyl (C=O) groups excluding carboxylic acids is 1. The average Bonchev–Trinajstić information content (AvgIpc) is 2.98. The quantitative estimate of drug-likeness (QED) is 0.731. The summed E-state index contributed by atoms with van der Waals surface area (Å²) < 4.78 is 45.9. The molecule has 0 aliphatic heterocycles. The molecule has 1 unspecified atom stereocenters. The van der Waals surface area contributed by atoms with Gasteiger partial charge in [-0.3, -0.25) is 0 Å². The molecule has 1 amide bonds. The Balaban J connectivity index is 1.61. The van der Waals surface area contributed by atoms with Crippen molar-refractivity contribution in [3.8, 4) is 11.1 Å². The molecule has 1 atom stereocenters. The number of aliphatic carboxylic acids is 1. The Labute approximate surface area is 164 Å². The van der Waals surface area contributed by atoms with Crippen molar-refractivity contribution in [2.24, 2.45) is 0 Å². The third-order valence-corrected chi connectivity index (χ3v) is 4.48. The van der Waals surface area contributed by atoms with Crippen molar-refractivity contribution in [2.45, 2.75) is 18.1 Å². The molecule has 0 spiro atoms. The number of ether oxygens (including phenoxy) is 2. The van der Waals surface area contributed by atoms with Gasteiger partial charge in [0.15, 0.2) is 6.04 Å². The summed E-state index contributed by atoms with van der Waals surface area (Å²) in [6.07, 6.45) is -5.64. The minimum Gasteiger partial charge on any atom is -0.480 e. The highest BCUT2D eigenvalue weighted by Crippen LogP contribution is 2.44. The van der Waals surface area contributed by atoms with Crippen molar-refractivity contribution in [3.05, 3.63) is 59.7 Å². The number of fused-ring (bicyclic) bond motifs is 3. The van der Waals surface area contributed by atoms with Crippen LogP contribution in [0, 0.1) is 0 Å². The van der Waals surface area contributed by atoms with Crippen LogP contribution < -0.4 is 5.32 Å². The van der Waals surface area contributed by atoms with Crippen LogP contribution in [-0.4, -0.2) is 49.2 Å². The predicted molar refractivity (Wildman–Crippen MR) is 96.5 cm³/mol. The Morgan fingerprint density at radius 2 is 1.59 bits per heavy atom. The summed E-state index contributed by atoms with van der Waals surface area (Å²) in [5, 5.41) is 11.1. The number of carbonyl (C=O) groups is 2. The maximum Gasteiger partial charge on any atom is 0.411 e. The third-order valence-electron chi connectivity index (χ3n) is 4.48. The summed E-state index contributed by atoms with van der Waals surface area (Å²) in [5.41, 5.74) is 4.01. The molecule has 0 saturated heterocycles. The second-order valence-corrected chi connectivity index (χ2v) is 6.49. The van der Waals surface area contributed by atoms with E-state index in [2.05, 4.69) is 4.74 Å². The van der Waals surface area contributed by atoms with E-state index in [1.807, 2.05) is 53.8 Å². The highest BCUT2D eigenvalue weighted by Gasteiger charge is 2.31. The zero-order valence-corrected chi connectivity index (χ0v) is 15.1. The van der Waals surface area contributed by atoms with Gasteiger partial charge in [0.05, 0.1) is 6.61 Å². The molecule has 29 heavy (non-hydrogen) atoms. The fourth-order valence-electron chi connectivity index (χ4n) is 3.25. The van der Waals surface area contributed by atoms with Gasteiger partial charge in [-0.1, -0.05) is 48.5 Å². The number of carboxylic acid groups (broad SMARTS) is 1. The number of hydrogen-bond donors (Lipinski definition) is 2. The first-order valence-electron chi connectivity index (χ1n) is 8.75. The van der Waals surface area contributed by atoms with Crippen molar-refractivity contribution in [1.82, 2.24) is 5.32 Å². The molecule has 0 aromatic heterocycles. The van der Waals surface area contributed by atoms with Gasteiger partial charge in [-0.2, -0.15) is 13.2 Å². The molecule has 0 fully saturated rings. The van der Waals surface area contributed by atoms with Gasteiger partial charge in [0.2, 0.25) is 0 Å². The van der Waals surface area contributed by atoms with Gasteiger partial charge in [0.1, 0.15) is 13.2 Å². The van der Waals surface area contributed by atoms with E-state index in [0.29, 0.717) is 0 Å². The number of hydrogen-bond acceptors (Lipinski definition) is 4. The molecule has 0 bridgehead atoms. The molecule has 1 aliphatic carbocycles. The SMILES string of the molecule is O=C(NC(COCC(F)(F)F)C(=O)O)OCC1c2ccccc2-c2ccccc21. The number of rotatable bonds is 7. The Kier molecular flexibility index (Phi) is 6.07. The first-order chi connectivity index (χ1) is 13.8. The van der Waals surface area contributed by atoms with E-state index in [-0.39, 0.29) is 12.5 Å². The number of halogens is 3. The fraction of sp³-hybridized carbons (Fsp3) is 0.300. The molecule has 2 aromatic carbocycles. The second kappa shape index (κ2) is 8.52. The summed E-state index contributed by atoms with van der Waals surface area (Å²) in [4.78, 5) is 23.2. The van der Waals surface area contributed by atoms with E-state index in [1.165, 1.54) is 0 Å². The van der Waals surface area contributed by atoms with Gasteiger partial charge in [-0.15, -0.1) is 0 Å². The van der Waals surface area contributed by atoms with Crippen molar-refractivity contribution in [1.29, 1.82) is 0 Å². The lowest BCUT2D eigenvalue weighted by molar-refractivity contribution is -0.177. The lowest BCUT2D eigenvalue weighted by Crippen LogP contribution is -2.45. The lowest BCUT2D eigenvalue weighted by atomic mass is 9.98. The lowest BCUT2D eigenvalue weighted by Gasteiger charge is -2.18. The standard InChI is InChI=1S/C20H18F3NO5/c21-20(22,23)11-28-10-17(18(25)26)24-19(27)29-9-16-14-7-3-1-5-12(14)13-6-2-4-8-15(13)16/h1-8,16-17H,9-11H2,(H,24,27)(H,25,26). The number of benzene rings is 2. The summed E-state index contributed by atoms with van der Waals surface area (Å²) >= 11 is 0. The van der Waals surface area contributed by atoms with E-state index < -0.39 is 37.5 Å². The maximum atomic E-state index is 12.1. The molecule has 2 N–H and O–H groups in total. The molecule has 6 nitrogen and oxygen atoms in total. The van der Waals surface area contributed by atoms with E-state index in [4.69, 9.17) is 9.84 Å². The van der Waals surface area contributed by atoms with Crippen molar-refractivity contribution in [3.63, 3.8) is 0 Å². The number of alkyl carbamates (subject to hydrolysis) is 1. The van der Waals surface area contributed by atoms with Gasteiger partial charge >= 0.3 is 18.2 Å². The zero-order chi connectivity index (χ0) is 21.0. The van der Waals surface area contributed by atoms with Crippen LogP contribution in [0.2, 0.25) is 0 Å². The minimum absolute atomic E-state index is 0.0460. The van der Waals surface area contributed by atoms with Crippen LogP contribution >= 0.6 is 0 Å². The molecule has 2 aromatic rings. The molecule has 3 rings (SSSR count). The molecule has 9 heteroatoms.